The number of sulfone groups is 1. The van der Waals surface area contributed by atoms with Gasteiger partial charge in [-0.1, -0.05) is 51.7 Å². The molecule has 2 aromatic rings. The van der Waals surface area contributed by atoms with Crippen LogP contribution in [0.2, 0.25) is 0 Å². The monoisotopic (exact) mass is 628 g/mol. The van der Waals surface area contributed by atoms with Crippen molar-refractivity contribution in [3.8, 4) is 0 Å². The van der Waals surface area contributed by atoms with Crippen LogP contribution in [0.3, 0.4) is 0 Å². The second kappa shape index (κ2) is 12.1. The number of halogens is 1. The highest BCUT2D eigenvalue weighted by molar-refractivity contribution is 7.91. The Morgan fingerprint density at radius 2 is 1.61 bits per heavy atom. The summed E-state index contributed by atoms with van der Waals surface area (Å²) in [6.07, 6.45) is 4.38. The van der Waals surface area contributed by atoms with E-state index in [0.29, 0.717) is 22.2 Å². The molecule has 202 valence electrons. The number of fused-ring (bicyclic) bond motifs is 1. The molecule has 0 aliphatic carbocycles. The van der Waals surface area contributed by atoms with Crippen molar-refractivity contribution in [3.05, 3.63) is 53.6 Å². The summed E-state index contributed by atoms with van der Waals surface area (Å²) in [6, 6.07) is 14.0. The molecular weight excluding hydrogens is 583 g/mol. The molecule has 0 fully saturated rings. The van der Waals surface area contributed by atoms with Gasteiger partial charge in [0, 0.05) is 37.2 Å². The molecule has 0 amide bonds. The van der Waals surface area contributed by atoms with Gasteiger partial charge in [-0.25, -0.2) is 8.42 Å². The van der Waals surface area contributed by atoms with Crippen molar-refractivity contribution in [2.45, 2.75) is 69.3 Å². The Kier molecular flexibility index (Phi) is 10.5. The quantitative estimate of drug-likeness (QED) is 0.343. The van der Waals surface area contributed by atoms with Crippen molar-refractivity contribution in [1.29, 1.82) is 0 Å². The van der Waals surface area contributed by atoms with Gasteiger partial charge in [0.25, 0.3) is 0 Å². The summed E-state index contributed by atoms with van der Waals surface area (Å²) in [5.74, 6) is -0.413. The van der Waals surface area contributed by atoms with Gasteiger partial charge in [0.1, 0.15) is 5.69 Å². The fourth-order valence-corrected chi connectivity index (χ4v) is 7.72. The Morgan fingerprint density at radius 3 is 2.14 bits per heavy atom. The maximum absolute atomic E-state index is 13.9. The maximum atomic E-state index is 13.9. The standard InChI is InChI=1S/C29H45N2O3S.HI/c1-8-10-17-29(18-11-9-2)21-35(33,34)26-16-15-23(30(3)4)20-25(26)27(28(29)32)22-13-12-14-24(19-22)31(5,6)7;/h12-16,19-20,27-28,32H,8-11,17-18,21H2,1-7H3;1H/q+1;/p-1/t27-,28-;/m0./s1. The number of aliphatic hydroxyl groups is 1. The van der Waals surface area contributed by atoms with E-state index in [4.69, 9.17) is 0 Å². The molecule has 0 bridgehead atoms. The lowest BCUT2D eigenvalue weighted by atomic mass is 9.68. The predicted octanol–water partition coefficient (Wildman–Crippen LogP) is 2.60. The Balaban J connectivity index is 0.00000456. The van der Waals surface area contributed by atoms with E-state index in [1.807, 2.05) is 37.2 Å². The van der Waals surface area contributed by atoms with E-state index in [1.165, 1.54) is 0 Å². The summed E-state index contributed by atoms with van der Waals surface area (Å²) in [4.78, 5) is 2.36. The normalized spacial score (nSPS) is 20.7. The molecule has 2 aromatic carbocycles. The summed E-state index contributed by atoms with van der Waals surface area (Å²) in [6.45, 7) is 4.26. The minimum atomic E-state index is -3.58. The third-order valence-electron chi connectivity index (χ3n) is 7.66. The fraction of sp³-hybridized carbons (Fsp3) is 0.586. The molecule has 7 heteroatoms. The number of nitrogens with zero attached hydrogens (tertiary/aromatic N) is 2. The molecule has 3 rings (SSSR count). The molecular formula is C29H45IN2O3S. The molecule has 1 N–H and O–H groups in total. The summed E-state index contributed by atoms with van der Waals surface area (Å²) in [5, 5.41) is 12.3. The van der Waals surface area contributed by atoms with Crippen LogP contribution >= 0.6 is 0 Å². The number of hydrogen-bond acceptors (Lipinski definition) is 4. The van der Waals surface area contributed by atoms with Gasteiger partial charge in [-0.3, -0.25) is 4.48 Å². The van der Waals surface area contributed by atoms with E-state index in [-0.39, 0.29) is 29.7 Å². The van der Waals surface area contributed by atoms with E-state index in [2.05, 4.69) is 53.2 Å². The fourth-order valence-electron chi connectivity index (χ4n) is 5.53. The van der Waals surface area contributed by atoms with Crippen molar-refractivity contribution in [3.63, 3.8) is 0 Å². The lowest BCUT2D eigenvalue weighted by molar-refractivity contribution is -0.0000146. The zero-order chi connectivity index (χ0) is 26.0. The van der Waals surface area contributed by atoms with Gasteiger partial charge in [0.05, 0.1) is 37.9 Å². The molecule has 1 aliphatic heterocycles. The minimum Gasteiger partial charge on any atom is -1.00 e. The highest BCUT2D eigenvalue weighted by atomic mass is 127. The molecule has 2 atom stereocenters. The van der Waals surface area contributed by atoms with E-state index in [0.717, 1.165) is 48.2 Å². The number of quaternary nitrogens is 1. The van der Waals surface area contributed by atoms with Gasteiger partial charge in [0.15, 0.2) is 9.84 Å². The topological polar surface area (TPSA) is 57.6 Å². The Hall–Kier alpha value is -1.16. The van der Waals surface area contributed by atoms with Crippen molar-refractivity contribution in [1.82, 2.24) is 4.48 Å². The molecule has 0 spiro atoms. The van der Waals surface area contributed by atoms with E-state index in [1.54, 1.807) is 6.07 Å². The lowest BCUT2D eigenvalue weighted by Gasteiger charge is -2.40. The first kappa shape index (κ1) is 31.1. The van der Waals surface area contributed by atoms with Crippen LogP contribution in [0.4, 0.5) is 11.4 Å². The Bertz CT molecular complexity index is 1120. The number of anilines is 1. The molecule has 1 heterocycles. The number of benzene rings is 2. The molecule has 1 aliphatic rings. The van der Waals surface area contributed by atoms with Crippen LogP contribution in [0.15, 0.2) is 47.4 Å². The zero-order valence-corrected chi connectivity index (χ0v) is 26.1. The van der Waals surface area contributed by atoms with Crippen molar-refractivity contribution in [2.24, 2.45) is 5.41 Å². The van der Waals surface area contributed by atoms with Crippen molar-refractivity contribution >= 4 is 21.2 Å². The van der Waals surface area contributed by atoms with Crippen molar-refractivity contribution in [2.75, 3.05) is 45.9 Å². The molecule has 0 saturated heterocycles. The van der Waals surface area contributed by atoms with E-state index < -0.39 is 27.3 Å². The van der Waals surface area contributed by atoms with Gasteiger partial charge in [-0.05, 0) is 48.2 Å². The van der Waals surface area contributed by atoms with E-state index in [9.17, 15) is 13.5 Å². The first-order valence-electron chi connectivity index (χ1n) is 13.0. The molecule has 36 heavy (non-hydrogen) atoms. The molecule has 5 nitrogen and oxygen atoms in total. The number of aliphatic hydroxyl groups excluding tert-OH is 1. The van der Waals surface area contributed by atoms with Crippen LogP contribution in [0.5, 0.6) is 0 Å². The predicted molar refractivity (Wildman–Crippen MR) is 148 cm³/mol. The average Bonchev–Trinajstić information content (AvgIpc) is 2.86. The first-order valence-corrected chi connectivity index (χ1v) is 14.7. The molecule has 0 unspecified atom stereocenters. The van der Waals surface area contributed by atoms with Crippen LogP contribution in [0.1, 0.15) is 69.4 Å². The molecule has 0 saturated carbocycles. The molecule has 0 aromatic heterocycles. The van der Waals surface area contributed by atoms with Crippen LogP contribution in [-0.2, 0) is 9.84 Å². The van der Waals surface area contributed by atoms with Gasteiger partial charge in [-0.2, -0.15) is 0 Å². The lowest BCUT2D eigenvalue weighted by Crippen LogP contribution is -3.00. The SMILES string of the molecule is CCCCC1(CCCC)CS(=O)(=O)c2ccc(N(C)C)cc2[C@H](c2cccc([N+](C)(C)C)c2)[C@@H]1O.[I-]. The third kappa shape index (κ3) is 6.45. The second-order valence-electron chi connectivity index (χ2n) is 11.5. The summed E-state index contributed by atoms with van der Waals surface area (Å²) in [5.41, 5.74) is 3.08. The Labute approximate surface area is 236 Å². The third-order valence-corrected chi connectivity index (χ3v) is 9.66. The Morgan fingerprint density at radius 1 is 1.00 bits per heavy atom. The minimum absolute atomic E-state index is 0. The average molecular weight is 629 g/mol. The zero-order valence-electron chi connectivity index (χ0n) is 23.1. The highest BCUT2D eigenvalue weighted by Crippen LogP contribution is 2.50. The van der Waals surface area contributed by atoms with Gasteiger partial charge in [-0.15, -0.1) is 0 Å². The van der Waals surface area contributed by atoms with Gasteiger partial charge >= 0.3 is 0 Å². The van der Waals surface area contributed by atoms with Crippen LogP contribution < -0.4 is 33.4 Å². The first-order chi connectivity index (χ1) is 16.4. The number of rotatable bonds is 9. The highest BCUT2D eigenvalue weighted by Gasteiger charge is 2.49. The summed E-state index contributed by atoms with van der Waals surface area (Å²) >= 11 is 0. The van der Waals surface area contributed by atoms with Crippen LogP contribution in [0, 0.1) is 5.41 Å². The van der Waals surface area contributed by atoms with Crippen molar-refractivity contribution < 1.29 is 37.5 Å². The van der Waals surface area contributed by atoms with Crippen LogP contribution in [-0.4, -0.2) is 60.6 Å². The largest absolute Gasteiger partial charge is 1.00 e. The number of unbranched alkanes of at least 4 members (excludes halogenated alkanes) is 2. The summed E-state index contributed by atoms with van der Waals surface area (Å²) in [7, 11) is 6.71. The maximum Gasteiger partial charge on any atom is 0.179 e. The summed E-state index contributed by atoms with van der Waals surface area (Å²) < 4.78 is 28.5. The number of hydrogen-bond donors (Lipinski definition) is 1. The molecule has 0 radical (unpaired) electrons. The van der Waals surface area contributed by atoms with Crippen LogP contribution in [0.25, 0.3) is 0 Å². The van der Waals surface area contributed by atoms with E-state index >= 15 is 0 Å². The smallest absolute Gasteiger partial charge is 0.179 e. The second-order valence-corrected chi connectivity index (χ2v) is 13.4. The van der Waals surface area contributed by atoms with Gasteiger partial charge < -0.3 is 34.0 Å². The van der Waals surface area contributed by atoms with Gasteiger partial charge in [0.2, 0.25) is 0 Å².